The molecular weight excluding hydrogens is 261 g/mol. The maximum atomic E-state index is 13.5. The molecule has 0 aliphatic carbocycles. The lowest BCUT2D eigenvalue weighted by atomic mass is 9.88. The maximum Gasteiger partial charge on any atom is 0.225 e. The molecule has 0 radical (unpaired) electrons. The molecular formula is C15H18FNO3. The number of fused-ring (bicyclic) bond motifs is 2. The molecule has 2 N–H and O–H groups in total. The Kier molecular flexibility index (Phi) is 3.72. The Morgan fingerprint density at radius 1 is 1.45 bits per heavy atom. The number of amides is 1. The molecule has 1 aromatic rings. The predicted molar refractivity (Wildman–Crippen MR) is 70.4 cm³/mol. The summed E-state index contributed by atoms with van der Waals surface area (Å²) in [6.07, 6.45) is 1.93. The molecule has 2 fully saturated rings. The Morgan fingerprint density at radius 3 is 2.90 bits per heavy atom. The molecule has 2 heterocycles. The molecule has 3 rings (SSSR count). The van der Waals surface area contributed by atoms with Crippen LogP contribution in [-0.2, 0) is 9.53 Å². The minimum atomic E-state index is -1.03. The molecule has 0 saturated carbocycles. The van der Waals surface area contributed by atoms with E-state index in [1.165, 1.54) is 12.1 Å². The van der Waals surface area contributed by atoms with Crippen molar-refractivity contribution >= 4 is 5.91 Å². The quantitative estimate of drug-likeness (QED) is 0.879. The summed E-state index contributed by atoms with van der Waals surface area (Å²) in [6.45, 7) is 0.0215. The number of aliphatic hydroxyl groups is 1. The number of carbonyl (C=O) groups is 1. The molecule has 2 saturated heterocycles. The number of rotatable bonds is 4. The van der Waals surface area contributed by atoms with Gasteiger partial charge in [0.15, 0.2) is 0 Å². The van der Waals surface area contributed by atoms with E-state index in [9.17, 15) is 14.3 Å². The first-order chi connectivity index (χ1) is 9.65. The summed E-state index contributed by atoms with van der Waals surface area (Å²) in [7, 11) is 0. The van der Waals surface area contributed by atoms with Gasteiger partial charge in [0.1, 0.15) is 5.82 Å². The Morgan fingerprint density at radius 2 is 2.25 bits per heavy atom. The van der Waals surface area contributed by atoms with Crippen molar-refractivity contribution in [2.45, 2.75) is 37.6 Å². The van der Waals surface area contributed by atoms with Gasteiger partial charge in [-0.25, -0.2) is 4.39 Å². The van der Waals surface area contributed by atoms with Crippen LogP contribution < -0.4 is 5.32 Å². The Bertz CT molecular complexity index is 508. The predicted octanol–water partition coefficient (Wildman–Crippen LogP) is 1.54. The van der Waals surface area contributed by atoms with Crippen LogP contribution in [0.2, 0.25) is 0 Å². The van der Waals surface area contributed by atoms with Crippen LogP contribution in [0.4, 0.5) is 4.39 Å². The van der Waals surface area contributed by atoms with Crippen LogP contribution >= 0.6 is 0 Å². The van der Waals surface area contributed by atoms with Crippen LogP contribution in [0.15, 0.2) is 24.3 Å². The number of aliphatic hydroxyl groups excluding tert-OH is 1. The number of hydrogen-bond donors (Lipinski definition) is 2. The van der Waals surface area contributed by atoms with Crippen molar-refractivity contribution in [2.75, 3.05) is 6.54 Å². The van der Waals surface area contributed by atoms with Crippen LogP contribution in [0.25, 0.3) is 0 Å². The number of benzene rings is 1. The summed E-state index contributed by atoms with van der Waals surface area (Å²) >= 11 is 0. The number of nitrogens with one attached hydrogen (secondary N) is 1. The maximum absolute atomic E-state index is 13.5. The van der Waals surface area contributed by atoms with Gasteiger partial charge in [0.2, 0.25) is 5.91 Å². The van der Waals surface area contributed by atoms with Crippen molar-refractivity contribution < 1.29 is 19.0 Å². The van der Waals surface area contributed by atoms with Gasteiger partial charge in [0, 0.05) is 12.1 Å². The van der Waals surface area contributed by atoms with E-state index in [4.69, 9.17) is 4.74 Å². The summed E-state index contributed by atoms with van der Waals surface area (Å²) in [5, 5.41) is 12.6. The smallest absolute Gasteiger partial charge is 0.225 e. The van der Waals surface area contributed by atoms with Crippen LogP contribution in [0.5, 0.6) is 0 Å². The van der Waals surface area contributed by atoms with Crippen LogP contribution in [0, 0.1) is 11.7 Å². The van der Waals surface area contributed by atoms with Crippen molar-refractivity contribution in [2.24, 2.45) is 5.92 Å². The summed E-state index contributed by atoms with van der Waals surface area (Å²) in [5.74, 6) is -0.688. The van der Waals surface area contributed by atoms with Gasteiger partial charge in [-0.05, 0) is 25.3 Å². The third-order valence-corrected chi connectivity index (χ3v) is 4.18. The van der Waals surface area contributed by atoms with E-state index in [1.54, 1.807) is 12.1 Å². The van der Waals surface area contributed by atoms with E-state index >= 15 is 0 Å². The number of carbonyl (C=O) groups excluding carboxylic acids is 1. The van der Waals surface area contributed by atoms with Gasteiger partial charge in [-0.1, -0.05) is 18.2 Å². The lowest BCUT2D eigenvalue weighted by Crippen LogP contribution is -2.38. The van der Waals surface area contributed by atoms with Crippen molar-refractivity contribution in [3.05, 3.63) is 35.6 Å². The molecule has 2 aliphatic rings. The van der Waals surface area contributed by atoms with E-state index in [0.29, 0.717) is 0 Å². The van der Waals surface area contributed by atoms with Gasteiger partial charge in [-0.3, -0.25) is 4.79 Å². The second kappa shape index (κ2) is 5.50. The van der Waals surface area contributed by atoms with Gasteiger partial charge in [0.05, 0.1) is 24.2 Å². The molecule has 2 bridgehead atoms. The SMILES string of the molecule is O=C(NCC(O)c1ccccc1F)C1CC2CCC1O2. The molecule has 0 spiro atoms. The fourth-order valence-corrected chi connectivity index (χ4v) is 3.10. The topological polar surface area (TPSA) is 58.6 Å². The Balaban J connectivity index is 1.54. The van der Waals surface area contributed by atoms with E-state index in [0.717, 1.165) is 19.3 Å². The molecule has 4 atom stereocenters. The average molecular weight is 279 g/mol. The van der Waals surface area contributed by atoms with Crippen LogP contribution in [0.3, 0.4) is 0 Å². The molecule has 1 aromatic carbocycles. The molecule has 0 aromatic heterocycles. The molecule has 5 heteroatoms. The van der Waals surface area contributed by atoms with E-state index in [1.807, 2.05) is 0 Å². The van der Waals surface area contributed by atoms with Gasteiger partial charge in [-0.15, -0.1) is 0 Å². The first-order valence-electron chi connectivity index (χ1n) is 7.01. The largest absolute Gasteiger partial charge is 0.386 e. The van der Waals surface area contributed by atoms with Gasteiger partial charge in [0.25, 0.3) is 0 Å². The molecule has 4 nitrogen and oxygen atoms in total. The molecule has 4 unspecified atom stereocenters. The lowest BCUT2D eigenvalue weighted by Gasteiger charge is -2.19. The van der Waals surface area contributed by atoms with Crippen molar-refractivity contribution in [3.63, 3.8) is 0 Å². The summed E-state index contributed by atoms with van der Waals surface area (Å²) in [5.41, 5.74) is 0.206. The first-order valence-corrected chi connectivity index (χ1v) is 7.01. The average Bonchev–Trinajstić information content (AvgIpc) is 3.07. The third-order valence-electron chi connectivity index (χ3n) is 4.18. The minimum Gasteiger partial charge on any atom is -0.386 e. The number of hydrogen-bond acceptors (Lipinski definition) is 3. The van der Waals surface area contributed by atoms with Crippen LogP contribution in [-0.4, -0.2) is 29.8 Å². The normalized spacial score (nSPS) is 29.4. The Hall–Kier alpha value is -1.46. The molecule has 2 aliphatic heterocycles. The number of ether oxygens (including phenoxy) is 1. The fourth-order valence-electron chi connectivity index (χ4n) is 3.10. The summed E-state index contributed by atoms with van der Waals surface area (Å²) < 4.78 is 19.1. The highest BCUT2D eigenvalue weighted by molar-refractivity contribution is 5.79. The molecule has 20 heavy (non-hydrogen) atoms. The highest BCUT2D eigenvalue weighted by Crippen LogP contribution is 2.38. The summed E-state index contributed by atoms with van der Waals surface area (Å²) in [6, 6.07) is 6.04. The van der Waals surface area contributed by atoms with Gasteiger partial charge < -0.3 is 15.2 Å². The molecule has 108 valence electrons. The first kappa shape index (κ1) is 13.5. The Labute approximate surface area is 116 Å². The zero-order chi connectivity index (χ0) is 14.1. The van der Waals surface area contributed by atoms with Crippen molar-refractivity contribution in [3.8, 4) is 0 Å². The minimum absolute atomic E-state index is 0.0191. The van der Waals surface area contributed by atoms with Gasteiger partial charge in [-0.2, -0.15) is 0 Å². The highest BCUT2D eigenvalue weighted by atomic mass is 19.1. The van der Waals surface area contributed by atoms with Crippen molar-refractivity contribution in [1.29, 1.82) is 0 Å². The molecule has 1 amide bonds. The van der Waals surface area contributed by atoms with Crippen molar-refractivity contribution in [1.82, 2.24) is 5.32 Å². The fraction of sp³-hybridized carbons (Fsp3) is 0.533. The number of halogens is 1. The third kappa shape index (κ3) is 2.55. The lowest BCUT2D eigenvalue weighted by molar-refractivity contribution is -0.127. The van der Waals surface area contributed by atoms with Crippen LogP contribution in [0.1, 0.15) is 30.9 Å². The van der Waals surface area contributed by atoms with Gasteiger partial charge >= 0.3 is 0 Å². The highest BCUT2D eigenvalue weighted by Gasteiger charge is 2.44. The summed E-state index contributed by atoms with van der Waals surface area (Å²) in [4.78, 5) is 12.1. The zero-order valence-corrected chi connectivity index (χ0v) is 11.1. The van der Waals surface area contributed by atoms with E-state index < -0.39 is 11.9 Å². The van der Waals surface area contributed by atoms with E-state index in [2.05, 4.69) is 5.32 Å². The standard InChI is InChI=1S/C15H18FNO3/c16-12-4-2-1-3-10(12)13(18)8-17-15(19)11-7-9-5-6-14(11)20-9/h1-4,9,11,13-14,18H,5-8H2,(H,17,19). The second-order valence-corrected chi connectivity index (χ2v) is 5.50. The monoisotopic (exact) mass is 279 g/mol. The van der Waals surface area contributed by atoms with E-state index in [-0.39, 0.29) is 36.1 Å². The second-order valence-electron chi connectivity index (χ2n) is 5.50. The zero-order valence-electron chi connectivity index (χ0n) is 11.1.